The molecule has 0 saturated heterocycles. The van der Waals surface area contributed by atoms with Crippen molar-refractivity contribution in [2.24, 2.45) is 5.73 Å². The van der Waals surface area contributed by atoms with Gasteiger partial charge >= 0.3 is 0 Å². The van der Waals surface area contributed by atoms with E-state index < -0.39 is 0 Å². The van der Waals surface area contributed by atoms with Gasteiger partial charge in [-0.3, -0.25) is 0 Å². The number of halogens is 1. The van der Waals surface area contributed by atoms with Crippen LogP contribution >= 0.6 is 11.6 Å². The van der Waals surface area contributed by atoms with E-state index in [2.05, 4.69) is 0 Å². The Morgan fingerprint density at radius 2 is 2.21 bits per heavy atom. The molecule has 0 aromatic heterocycles. The summed E-state index contributed by atoms with van der Waals surface area (Å²) < 4.78 is 0. The first-order chi connectivity index (χ1) is 6.65. The van der Waals surface area contributed by atoms with Gasteiger partial charge in [-0.1, -0.05) is 23.7 Å². The molecule has 1 aromatic rings. The summed E-state index contributed by atoms with van der Waals surface area (Å²) in [6, 6.07) is 5.84. The molecule has 0 bridgehead atoms. The number of rotatable bonds is 4. The van der Waals surface area contributed by atoms with Crippen molar-refractivity contribution in [3.63, 3.8) is 0 Å². The molecule has 0 spiro atoms. The van der Waals surface area contributed by atoms with Gasteiger partial charge in [-0.2, -0.15) is 0 Å². The number of nitrogens with two attached hydrogens (primary N) is 1. The SMILES string of the molecule is CC(N)Cc1c(Cl)cccc1CCO. The monoisotopic (exact) mass is 213 g/mol. The van der Waals surface area contributed by atoms with Crippen molar-refractivity contribution in [1.29, 1.82) is 0 Å². The highest BCUT2D eigenvalue weighted by molar-refractivity contribution is 6.31. The minimum Gasteiger partial charge on any atom is -0.396 e. The molecule has 1 atom stereocenters. The molecule has 3 N–H and O–H groups in total. The van der Waals surface area contributed by atoms with E-state index in [4.69, 9.17) is 22.4 Å². The molecule has 0 heterocycles. The average Bonchev–Trinajstić information content (AvgIpc) is 2.11. The van der Waals surface area contributed by atoms with Crippen molar-refractivity contribution in [2.75, 3.05) is 6.61 Å². The Kier molecular flexibility index (Phi) is 4.39. The molecular weight excluding hydrogens is 198 g/mol. The third-order valence-corrected chi connectivity index (χ3v) is 2.48. The predicted molar refractivity (Wildman–Crippen MR) is 59.6 cm³/mol. The molecule has 1 rings (SSSR count). The zero-order valence-electron chi connectivity index (χ0n) is 8.33. The summed E-state index contributed by atoms with van der Waals surface area (Å²) >= 11 is 6.07. The van der Waals surface area contributed by atoms with E-state index in [9.17, 15) is 0 Å². The van der Waals surface area contributed by atoms with E-state index in [0.29, 0.717) is 6.42 Å². The average molecular weight is 214 g/mol. The van der Waals surface area contributed by atoms with Gasteiger partial charge in [0.25, 0.3) is 0 Å². The first kappa shape index (κ1) is 11.5. The molecule has 2 nitrogen and oxygen atoms in total. The van der Waals surface area contributed by atoms with E-state index in [-0.39, 0.29) is 12.6 Å². The van der Waals surface area contributed by atoms with Crippen LogP contribution < -0.4 is 5.73 Å². The molecule has 0 saturated carbocycles. The third kappa shape index (κ3) is 2.98. The van der Waals surface area contributed by atoms with Crippen LogP contribution in [0.5, 0.6) is 0 Å². The fourth-order valence-corrected chi connectivity index (χ4v) is 1.78. The molecule has 3 heteroatoms. The summed E-state index contributed by atoms with van der Waals surface area (Å²) in [6.45, 7) is 2.10. The summed E-state index contributed by atoms with van der Waals surface area (Å²) in [5.41, 5.74) is 7.90. The Labute approximate surface area is 89.7 Å². The summed E-state index contributed by atoms with van der Waals surface area (Å²) in [5.74, 6) is 0. The fraction of sp³-hybridized carbons (Fsp3) is 0.455. The second kappa shape index (κ2) is 5.35. The van der Waals surface area contributed by atoms with E-state index >= 15 is 0 Å². The van der Waals surface area contributed by atoms with Gasteiger partial charge in [-0.25, -0.2) is 0 Å². The molecule has 14 heavy (non-hydrogen) atoms. The molecule has 0 radical (unpaired) electrons. The van der Waals surface area contributed by atoms with Gasteiger partial charge in [0.1, 0.15) is 0 Å². The van der Waals surface area contributed by atoms with Crippen molar-refractivity contribution < 1.29 is 5.11 Å². The molecule has 0 aliphatic carbocycles. The summed E-state index contributed by atoms with van der Waals surface area (Å²) in [4.78, 5) is 0. The Hall–Kier alpha value is -0.570. The Morgan fingerprint density at radius 3 is 2.79 bits per heavy atom. The topological polar surface area (TPSA) is 46.2 Å². The Morgan fingerprint density at radius 1 is 1.50 bits per heavy atom. The van der Waals surface area contributed by atoms with E-state index in [1.165, 1.54) is 0 Å². The Bertz CT molecular complexity index is 299. The first-order valence-corrected chi connectivity index (χ1v) is 5.15. The molecule has 0 aliphatic heterocycles. The second-order valence-electron chi connectivity index (χ2n) is 3.53. The van der Waals surface area contributed by atoms with E-state index in [1.807, 2.05) is 25.1 Å². The van der Waals surface area contributed by atoms with Crippen molar-refractivity contribution in [3.05, 3.63) is 34.3 Å². The third-order valence-electron chi connectivity index (χ3n) is 2.12. The zero-order chi connectivity index (χ0) is 10.6. The lowest BCUT2D eigenvalue weighted by atomic mass is 9.99. The molecule has 1 aromatic carbocycles. The largest absolute Gasteiger partial charge is 0.396 e. The fourth-order valence-electron chi connectivity index (χ4n) is 1.51. The van der Waals surface area contributed by atoms with Crippen LogP contribution in [-0.4, -0.2) is 17.8 Å². The zero-order valence-corrected chi connectivity index (χ0v) is 9.09. The van der Waals surface area contributed by atoms with E-state index in [1.54, 1.807) is 0 Å². The van der Waals surface area contributed by atoms with Crippen LogP contribution in [0.25, 0.3) is 0 Å². The number of aliphatic hydroxyl groups excluding tert-OH is 1. The van der Waals surface area contributed by atoms with Crippen LogP contribution in [0.2, 0.25) is 5.02 Å². The number of aliphatic hydroxyl groups is 1. The summed E-state index contributed by atoms with van der Waals surface area (Å²) in [6.07, 6.45) is 1.40. The van der Waals surface area contributed by atoms with Crippen LogP contribution in [0, 0.1) is 0 Å². The molecule has 1 unspecified atom stereocenters. The summed E-state index contributed by atoms with van der Waals surface area (Å²) in [7, 11) is 0. The quantitative estimate of drug-likeness (QED) is 0.801. The number of hydrogen-bond donors (Lipinski definition) is 2. The van der Waals surface area contributed by atoms with Crippen LogP contribution in [-0.2, 0) is 12.8 Å². The normalized spacial score (nSPS) is 12.9. The van der Waals surface area contributed by atoms with Crippen LogP contribution in [0.1, 0.15) is 18.1 Å². The van der Waals surface area contributed by atoms with Crippen LogP contribution in [0.4, 0.5) is 0 Å². The Balaban J connectivity index is 2.96. The molecule has 0 aliphatic rings. The maximum Gasteiger partial charge on any atom is 0.0471 e. The van der Waals surface area contributed by atoms with Gasteiger partial charge in [0.05, 0.1) is 0 Å². The van der Waals surface area contributed by atoms with Crippen LogP contribution in [0.3, 0.4) is 0 Å². The number of benzene rings is 1. The molecule has 0 fully saturated rings. The van der Waals surface area contributed by atoms with E-state index in [0.717, 1.165) is 22.6 Å². The van der Waals surface area contributed by atoms with Crippen molar-refractivity contribution in [2.45, 2.75) is 25.8 Å². The van der Waals surface area contributed by atoms with Crippen molar-refractivity contribution >= 4 is 11.6 Å². The predicted octanol–water partition coefficient (Wildman–Crippen LogP) is 1.76. The van der Waals surface area contributed by atoms with Crippen molar-refractivity contribution in [1.82, 2.24) is 0 Å². The minimum absolute atomic E-state index is 0.0901. The lowest BCUT2D eigenvalue weighted by Gasteiger charge is -2.12. The van der Waals surface area contributed by atoms with Gasteiger partial charge in [-0.05, 0) is 37.0 Å². The first-order valence-electron chi connectivity index (χ1n) is 4.78. The lowest BCUT2D eigenvalue weighted by Crippen LogP contribution is -2.19. The van der Waals surface area contributed by atoms with Crippen molar-refractivity contribution in [3.8, 4) is 0 Å². The van der Waals surface area contributed by atoms with Gasteiger partial charge in [-0.15, -0.1) is 0 Å². The second-order valence-corrected chi connectivity index (χ2v) is 3.94. The lowest BCUT2D eigenvalue weighted by molar-refractivity contribution is 0.299. The standard InChI is InChI=1S/C11H16ClNO/c1-8(13)7-10-9(5-6-14)3-2-4-11(10)12/h2-4,8,14H,5-7,13H2,1H3. The van der Waals surface area contributed by atoms with Gasteiger partial charge in [0.15, 0.2) is 0 Å². The highest BCUT2D eigenvalue weighted by atomic mass is 35.5. The molecule has 0 amide bonds. The maximum absolute atomic E-state index is 8.89. The van der Waals surface area contributed by atoms with Gasteiger partial charge in [0, 0.05) is 17.7 Å². The number of hydrogen-bond acceptors (Lipinski definition) is 2. The molecule has 78 valence electrons. The van der Waals surface area contributed by atoms with Crippen LogP contribution in [0.15, 0.2) is 18.2 Å². The van der Waals surface area contributed by atoms with Gasteiger partial charge in [0.2, 0.25) is 0 Å². The highest BCUT2D eigenvalue weighted by Crippen LogP contribution is 2.21. The van der Waals surface area contributed by atoms with Gasteiger partial charge < -0.3 is 10.8 Å². The molecular formula is C11H16ClNO. The smallest absolute Gasteiger partial charge is 0.0471 e. The maximum atomic E-state index is 8.89. The summed E-state index contributed by atoms with van der Waals surface area (Å²) in [5, 5.41) is 9.64. The minimum atomic E-state index is 0.0901. The highest BCUT2D eigenvalue weighted by Gasteiger charge is 2.08.